The van der Waals surface area contributed by atoms with Gasteiger partial charge in [0.05, 0.1) is 6.61 Å². The van der Waals surface area contributed by atoms with Gasteiger partial charge in [0.1, 0.15) is 5.75 Å². The molecule has 0 radical (unpaired) electrons. The third-order valence-electron chi connectivity index (χ3n) is 4.61. The van der Waals surface area contributed by atoms with Crippen LogP contribution in [-0.4, -0.2) is 36.5 Å². The maximum absolute atomic E-state index is 12.6. The van der Waals surface area contributed by atoms with Gasteiger partial charge in [-0.15, -0.1) is 0 Å². The van der Waals surface area contributed by atoms with Crippen molar-refractivity contribution >= 4 is 5.91 Å². The van der Waals surface area contributed by atoms with Crippen molar-refractivity contribution in [3.63, 3.8) is 0 Å². The third-order valence-corrected chi connectivity index (χ3v) is 4.61. The van der Waals surface area contributed by atoms with Gasteiger partial charge < -0.3 is 15.4 Å². The first-order valence-electron chi connectivity index (χ1n) is 8.89. The summed E-state index contributed by atoms with van der Waals surface area (Å²) in [6.45, 7) is 6.55. The fraction of sp³-hybridized carbons (Fsp3) is 0.632. The van der Waals surface area contributed by atoms with Gasteiger partial charge in [-0.25, -0.2) is 0 Å². The highest BCUT2D eigenvalue weighted by Gasteiger charge is 2.26. The van der Waals surface area contributed by atoms with Crippen molar-refractivity contribution in [1.29, 1.82) is 0 Å². The Morgan fingerprint density at radius 1 is 1.35 bits per heavy atom. The molecule has 2 atom stereocenters. The minimum Gasteiger partial charge on any atom is -0.494 e. The van der Waals surface area contributed by atoms with E-state index in [0.717, 1.165) is 50.3 Å². The van der Waals surface area contributed by atoms with E-state index in [1.807, 2.05) is 36.1 Å². The topological polar surface area (TPSA) is 55.6 Å². The van der Waals surface area contributed by atoms with Crippen molar-refractivity contribution in [3.8, 4) is 5.75 Å². The maximum atomic E-state index is 12.6. The summed E-state index contributed by atoms with van der Waals surface area (Å²) in [5.41, 5.74) is 6.73. The molecule has 2 unspecified atom stereocenters. The lowest BCUT2D eigenvalue weighted by Gasteiger charge is -2.34. The molecule has 1 amide bonds. The number of rotatable bonds is 7. The molecule has 2 rings (SSSR count). The summed E-state index contributed by atoms with van der Waals surface area (Å²) in [4.78, 5) is 14.6. The van der Waals surface area contributed by atoms with Crippen LogP contribution in [0.25, 0.3) is 0 Å². The largest absolute Gasteiger partial charge is 0.494 e. The molecule has 1 aliphatic heterocycles. The fourth-order valence-corrected chi connectivity index (χ4v) is 3.04. The molecular weight excluding hydrogens is 288 g/mol. The normalized spacial score (nSPS) is 19.4. The Labute approximate surface area is 140 Å². The summed E-state index contributed by atoms with van der Waals surface area (Å²) in [5.74, 6) is 1.35. The van der Waals surface area contributed by atoms with Gasteiger partial charge in [0.2, 0.25) is 0 Å². The van der Waals surface area contributed by atoms with E-state index in [-0.39, 0.29) is 11.9 Å². The number of hydrogen-bond acceptors (Lipinski definition) is 3. The molecule has 4 nitrogen and oxygen atoms in total. The van der Waals surface area contributed by atoms with Gasteiger partial charge in [-0.3, -0.25) is 4.79 Å². The molecular formula is C19H30N2O2. The number of hydrogen-bond donors (Lipinski definition) is 1. The van der Waals surface area contributed by atoms with Crippen LogP contribution in [0, 0.1) is 5.92 Å². The van der Waals surface area contributed by atoms with Gasteiger partial charge in [-0.05, 0) is 56.4 Å². The SMILES string of the molecule is CCCCCOc1ccc(C(=O)N2CCCC(C(C)N)C2)cc1. The third kappa shape index (κ3) is 5.24. The Morgan fingerprint density at radius 2 is 2.09 bits per heavy atom. The first-order valence-corrected chi connectivity index (χ1v) is 8.89. The molecule has 0 aromatic heterocycles. The molecule has 23 heavy (non-hydrogen) atoms. The van der Waals surface area contributed by atoms with E-state index in [4.69, 9.17) is 10.5 Å². The highest BCUT2D eigenvalue weighted by Crippen LogP contribution is 2.21. The molecule has 1 heterocycles. The predicted octanol–water partition coefficient (Wildman–Crippen LogP) is 3.46. The van der Waals surface area contributed by atoms with Crippen LogP contribution in [0.3, 0.4) is 0 Å². The van der Waals surface area contributed by atoms with Gasteiger partial charge in [0.15, 0.2) is 0 Å². The van der Waals surface area contributed by atoms with E-state index < -0.39 is 0 Å². The van der Waals surface area contributed by atoms with Crippen LogP contribution < -0.4 is 10.5 Å². The lowest BCUT2D eigenvalue weighted by Crippen LogP contribution is -2.45. The van der Waals surface area contributed by atoms with Gasteiger partial charge in [-0.1, -0.05) is 19.8 Å². The van der Waals surface area contributed by atoms with Crippen molar-refractivity contribution in [2.45, 2.75) is 52.0 Å². The van der Waals surface area contributed by atoms with E-state index in [1.54, 1.807) is 0 Å². The van der Waals surface area contributed by atoms with E-state index >= 15 is 0 Å². The zero-order valence-corrected chi connectivity index (χ0v) is 14.5. The molecule has 1 aliphatic rings. The Bertz CT molecular complexity index is 485. The predicted molar refractivity (Wildman–Crippen MR) is 93.7 cm³/mol. The average molecular weight is 318 g/mol. The summed E-state index contributed by atoms with van der Waals surface area (Å²) >= 11 is 0. The molecule has 0 spiro atoms. The number of nitrogens with zero attached hydrogens (tertiary/aromatic N) is 1. The number of carbonyl (C=O) groups excluding carboxylic acids is 1. The molecule has 4 heteroatoms. The van der Waals surface area contributed by atoms with Crippen LogP contribution >= 0.6 is 0 Å². The second-order valence-electron chi connectivity index (χ2n) is 6.59. The van der Waals surface area contributed by atoms with Crippen LogP contribution in [0.15, 0.2) is 24.3 Å². The van der Waals surface area contributed by atoms with Gasteiger partial charge in [0, 0.05) is 24.7 Å². The van der Waals surface area contributed by atoms with Crippen molar-refractivity contribution in [3.05, 3.63) is 29.8 Å². The van der Waals surface area contributed by atoms with Gasteiger partial charge in [0.25, 0.3) is 5.91 Å². The number of carbonyl (C=O) groups is 1. The number of benzene rings is 1. The summed E-state index contributed by atoms with van der Waals surface area (Å²) in [6.07, 6.45) is 5.60. The highest BCUT2D eigenvalue weighted by atomic mass is 16.5. The maximum Gasteiger partial charge on any atom is 0.253 e. The molecule has 0 bridgehead atoms. The number of ether oxygens (including phenoxy) is 1. The van der Waals surface area contributed by atoms with Crippen molar-refractivity contribution in [2.75, 3.05) is 19.7 Å². The molecule has 1 aromatic carbocycles. The number of amides is 1. The van der Waals surface area contributed by atoms with Crippen molar-refractivity contribution < 1.29 is 9.53 Å². The zero-order chi connectivity index (χ0) is 16.7. The number of unbranched alkanes of at least 4 members (excludes halogenated alkanes) is 2. The Morgan fingerprint density at radius 3 is 2.74 bits per heavy atom. The second-order valence-corrected chi connectivity index (χ2v) is 6.59. The molecule has 1 aromatic rings. The summed E-state index contributed by atoms with van der Waals surface area (Å²) in [7, 11) is 0. The van der Waals surface area contributed by atoms with Gasteiger partial charge >= 0.3 is 0 Å². The second kappa shape index (κ2) is 8.92. The number of likely N-dealkylation sites (tertiary alicyclic amines) is 1. The first kappa shape index (κ1) is 17.8. The van der Waals surface area contributed by atoms with Crippen LogP contribution in [0.2, 0.25) is 0 Å². The average Bonchev–Trinajstić information content (AvgIpc) is 2.59. The monoisotopic (exact) mass is 318 g/mol. The molecule has 128 valence electrons. The molecule has 1 saturated heterocycles. The van der Waals surface area contributed by atoms with Crippen LogP contribution in [0.5, 0.6) is 5.75 Å². The first-order chi connectivity index (χ1) is 11.1. The number of nitrogens with two attached hydrogens (primary N) is 1. The minimum atomic E-state index is 0.105. The van der Waals surface area contributed by atoms with E-state index in [9.17, 15) is 4.79 Å². The molecule has 0 aliphatic carbocycles. The van der Waals surface area contributed by atoms with Crippen molar-refractivity contribution in [2.24, 2.45) is 11.7 Å². The summed E-state index contributed by atoms with van der Waals surface area (Å²) < 4.78 is 5.70. The van der Waals surface area contributed by atoms with Gasteiger partial charge in [-0.2, -0.15) is 0 Å². The van der Waals surface area contributed by atoms with E-state index in [0.29, 0.717) is 5.92 Å². The number of piperidine rings is 1. The lowest BCUT2D eigenvalue weighted by molar-refractivity contribution is 0.0661. The minimum absolute atomic E-state index is 0.105. The standard InChI is InChI=1S/C19H30N2O2/c1-3-4-5-13-23-18-10-8-16(9-11-18)19(22)21-12-6-7-17(14-21)15(2)20/h8-11,15,17H,3-7,12-14,20H2,1-2H3. The highest BCUT2D eigenvalue weighted by molar-refractivity contribution is 5.94. The smallest absolute Gasteiger partial charge is 0.253 e. The quantitative estimate of drug-likeness (QED) is 0.783. The summed E-state index contributed by atoms with van der Waals surface area (Å²) in [6, 6.07) is 7.67. The van der Waals surface area contributed by atoms with Crippen LogP contribution in [-0.2, 0) is 0 Å². The Kier molecular flexibility index (Phi) is 6.90. The van der Waals surface area contributed by atoms with Crippen molar-refractivity contribution in [1.82, 2.24) is 4.90 Å². The Hall–Kier alpha value is -1.55. The molecule has 2 N–H and O–H groups in total. The van der Waals surface area contributed by atoms with Crippen LogP contribution in [0.1, 0.15) is 56.3 Å². The Balaban J connectivity index is 1.89. The van der Waals surface area contributed by atoms with Crippen LogP contribution in [0.4, 0.5) is 0 Å². The molecule has 0 saturated carbocycles. The lowest BCUT2D eigenvalue weighted by atomic mass is 9.92. The molecule has 1 fully saturated rings. The van der Waals surface area contributed by atoms with E-state index in [1.165, 1.54) is 12.8 Å². The summed E-state index contributed by atoms with van der Waals surface area (Å²) in [5, 5.41) is 0. The van der Waals surface area contributed by atoms with E-state index in [2.05, 4.69) is 6.92 Å². The fourth-order valence-electron chi connectivity index (χ4n) is 3.04. The zero-order valence-electron chi connectivity index (χ0n) is 14.5.